The monoisotopic (exact) mass is 243 g/mol. The smallest absolute Gasteiger partial charge is 0.114 e. The Morgan fingerprint density at radius 1 is 1.69 bits per heavy atom. The van der Waals surface area contributed by atoms with Crippen molar-refractivity contribution in [3.05, 3.63) is 16.1 Å². The van der Waals surface area contributed by atoms with Crippen molar-refractivity contribution >= 4 is 11.3 Å². The molecule has 1 saturated heterocycles. The fourth-order valence-electron chi connectivity index (χ4n) is 2.25. The van der Waals surface area contributed by atoms with Gasteiger partial charge in [0.25, 0.3) is 0 Å². The summed E-state index contributed by atoms with van der Waals surface area (Å²) in [7, 11) is 1.91. The van der Waals surface area contributed by atoms with Crippen molar-refractivity contribution in [2.24, 2.45) is 0 Å². The van der Waals surface area contributed by atoms with Gasteiger partial charge in [0.15, 0.2) is 0 Å². The lowest BCUT2D eigenvalue weighted by atomic mass is 10.2. The van der Waals surface area contributed by atoms with Crippen LogP contribution in [0.1, 0.15) is 17.1 Å². The number of nitrogens with one attached hydrogen (secondary N) is 1. The van der Waals surface area contributed by atoms with Crippen LogP contribution in [0, 0.1) is 6.92 Å². The molecule has 0 saturated carbocycles. The Kier molecular flexibility index (Phi) is 3.89. The lowest BCUT2D eigenvalue weighted by Gasteiger charge is -2.22. The Bertz CT molecular complexity index is 342. The summed E-state index contributed by atoms with van der Waals surface area (Å²) in [5.74, 6) is 0. The molecule has 5 heteroatoms. The number of rotatable bonds is 4. The number of aryl methyl sites for hydroxylation is 1. The summed E-state index contributed by atoms with van der Waals surface area (Å²) >= 11 is 1.66. The van der Waals surface area contributed by atoms with E-state index in [9.17, 15) is 4.39 Å². The van der Waals surface area contributed by atoms with Crippen molar-refractivity contribution in [3.63, 3.8) is 0 Å². The first-order chi connectivity index (χ1) is 7.69. The highest BCUT2D eigenvalue weighted by molar-refractivity contribution is 7.09. The molecule has 1 aliphatic heterocycles. The largest absolute Gasteiger partial charge is 0.318 e. The Morgan fingerprint density at radius 3 is 3.12 bits per heavy atom. The Hall–Kier alpha value is -0.520. The maximum atomic E-state index is 13.4. The fourth-order valence-corrected chi connectivity index (χ4v) is 2.86. The molecule has 1 aliphatic rings. The van der Waals surface area contributed by atoms with Crippen LogP contribution >= 0.6 is 11.3 Å². The third kappa shape index (κ3) is 2.78. The summed E-state index contributed by atoms with van der Waals surface area (Å²) in [6.45, 7) is 4.17. The molecule has 0 spiro atoms. The molecule has 2 heterocycles. The highest BCUT2D eigenvalue weighted by atomic mass is 32.1. The van der Waals surface area contributed by atoms with Crippen molar-refractivity contribution in [1.82, 2.24) is 15.2 Å². The molecule has 16 heavy (non-hydrogen) atoms. The van der Waals surface area contributed by atoms with Crippen molar-refractivity contribution < 1.29 is 4.39 Å². The topological polar surface area (TPSA) is 28.2 Å². The van der Waals surface area contributed by atoms with Crippen LogP contribution in [0.3, 0.4) is 0 Å². The number of thiazole rings is 1. The summed E-state index contributed by atoms with van der Waals surface area (Å²) in [4.78, 5) is 6.62. The van der Waals surface area contributed by atoms with Gasteiger partial charge in [0.05, 0.1) is 10.7 Å². The van der Waals surface area contributed by atoms with Gasteiger partial charge in [-0.2, -0.15) is 0 Å². The zero-order valence-electron chi connectivity index (χ0n) is 9.74. The second-order valence-electron chi connectivity index (χ2n) is 4.33. The molecule has 90 valence electrons. The molecule has 1 N–H and O–H groups in total. The number of likely N-dealkylation sites (N-methyl/N-ethyl adjacent to an activating group) is 1. The summed E-state index contributed by atoms with van der Waals surface area (Å²) in [6.07, 6.45) is -0.0395. The molecular weight excluding hydrogens is 225 g/mol. The van der Waals surface area contributed by atoms with Gasteiger partial charge in [-0.05, 0) is 20.4 Å². The second kappa shape index (κ2) is 5.21. The predicted octanol–water partition coefficient (Wildman–Crippen LogP) is 1.58. The molecule has 0 unspecified atom stereocenters. The fraction of sp³-hybridized carbons (Fsp3) is 0.727. The molecule has 0 radical (unpaired) electrons. The molecule has 1 aromatic rings. The highest BCUT2D eigenvalue weighted by Crippen LogP contribution is 2.22. The number of nitrogens with zero attached hydrogens (tertiary/aromatic N) is 2. The molecule has 2 rings (SSSR count). The molecule has 0 aliphatic carbocycles. The predicted molar refractivity (Wildman–Crippen MR) is 64.5 cm³/mol. The zero-order chi connectivity index (χ0) is 11.5. The van der Waals surface area contributed by atoms with Crippen LogP contribution in [0.2, 0.25) is 0 Å². The number of halogens is 1. The van der Waals surface area contributed by atoms with Crippen LogP contribution in [0.25, 0.3) is 0 Å². The maximum absolute atomic E-state index is 13.4. The number of hydrogen-bond acceptors (Lipinski definition) is 4. The highest BCUT2D eigenvalue weighted by Gasteiger charge is 2.31. The normalized spacial score (nSPS) is 26.4. The third-order valence-electron chi connectivity index (χ3n) is 2.95. The average Bonchev–Trinajstić information content (AvgIpc) is 2.76. The van der Waals surface area contributed by atoms with E-state index in [1.807, 2.05) is 14.0 Å². The van der Waals surface area contributed by atoms with Crippen molar-refractivity contribution in [3.8, 4) is 0 Å². The van der Waals surface area contributed by atoms with Crippen LogP contribution in [-0.2, 0) is 6.54 Å². The Morgan fingerprint density at radius 2 is 2.50 bits per heavy atom. The first-order valence-electron chi connectivity index (χ1n) is 5.62. The van der Waals surface area contributed by atoms with Gasteiger partial charge in [-0.1, -0.05) is 0 Å². The molecular formula is C11H18FN3S. The molecule has 0 aromatic carbocycles. The number of aromatic nitrogens is 1. The van der Waals surface area contributed by atoms with E-state index in [4.69, 9.17) is 0 Å². The van der Waals surface area contributed by atoms with Gasteiger partial charge in [0, 0.05) is 31.1 Å². The van der Waals surface area contributed by atoms with Crippen molar-refractivity contribution in [2.45, 2.75) is 32.1 Å². The summed E-state index contributed by atoms with van der Waals surface area (Å²) in [5, 5.41) is 6.27. The molecule has 2 atom stereocenters. The lowest BCUT2D eigenvalue weighted by molar-refractivity contribution is 0.230. The molecule has 0 bridgehead atoms. The summed E-state index contributed by atoms with van der Waals surface area (Å²) in [5.41, 5.74) is 1.07. The summed E-state index contributed by atoms with van der Waals surface area (Å²) in [6, 6.07) is 0.307. The van der Waals surface area contributed by atoms with E-state index in [-0.39, 0.29) is 0 Å². The second-order valence-corrected chi connectivity index (χ2v) is 5.39. The molecule has 1 aromatic heterocycles. The van der Waals surface area contributed by atoms with Gasteiger partial charge in [-0.15, -0.1) is 11.3 Å². The van der Waals surface area contributed by atoms with E-state index in [0.29, 0.717) is 19.0 Å². The van der Waals surface area contributed by atoms with Gasteiger partial charge in [-0.3, -0.25) is 4.90 Å². The van der Waals surface area contributed by atoms with Gasteiger partial charge in [0.2, 0.25) is 0 Å². The minimum absolute atomic E-state index is 0.307. The minimum Gasteiger partial charge on any atom is -0.318 e. The van der Waals surface area contributed by atoms with Gasteiger partial charge < -0.3 is 5.32 Å². The van der Waals surface area contributed by atoms with Crippen LogP contribution in [0.5, 0.6) is 0 Å². The van der Waals surface area contributed by atoms with Gasteiger partial charge in [0.1, 0.15) is 6.17 Å². The third-order valence-corrected chi connectivity index (χ3v) is 3.77. The molecule has 3 nitrogen and oxygen atoms in total. The van der Waals surface area contributed by atoms with Crippen LogP contribution in [-0.4, -0.2) is 42.2 Å². The van der Waals surface area contributed by atoms with Crippen molar-refractivity contribution in [2.75, 3.05) is 20.1 Å². The zero-order valence-corrected chi connectivity index (χ0v) is 10.6. The van der Waals surface area contributed by atoms with Crippen molar-refractivity contribution in [1.29, 1.82) is 0 Å². The van der Waals surface area contributed by atoms with E-state index in [1.54, 1.807) is 11.3 Å². The Labute approximate surface area is 99.7 Å². The first-order valence-corrected chi connectivity index (χ1v) is 6.50. The van der Waals surface area contributed by atoms with E-state index in [2.05, 4.69) is 20.6 Å². The standard InChI is InChI=1S/C11H18FN3S/c1-8-14-10(7-16-8)6-15-5-9(12)3-11(15)4-13-2/h7,9,11,13H,3-6H2,1-2H3/t9-,11+/m1/s1. The number of hydrogen-bond donors (Lipinski definition) is 1. The van der Waals surface area contributed by atoms with Crippen LogP contribution in [0.15, 0.2) is 5.38 Å². The lowest BCUT2D eigenvalue weighted by Crippen LogP contribution is -2.36. The van der Waals surface area contributed by atoms with Crippen LogP contribution < -0.4 is 5.32 Å². The van der Waals surface area contributed by atoms with E-state index in [0.717, 1.165) is 23.8 Å². The van der Waals surface area contributed by atoms with Gasteiger partial charge in [-0.25, -0.2) is 9.37 Å². The number of likely N-dealkylation sites (tertiary alicyclic amines) is 1. The maximum Gasteiger partial charge on any atom is 0.114 e. The molecule has 1 fully saturated rings. The SMILES string of the molecule is CNC[C@@H]1C[C@@H](F)CN1Cc1csc(C)n1. The van der Waals surface area contributed by atoms with Crippen LogP contribution in [0.4, 0.5) is 4.39 Å². The molecule has 0 amide bonds. The average molecular weight is 243 g/mol. The van der Waals surface area contributed by atoms with E-state index >= 15 is 0 Å². The van der Waals surface area contributed by atoms with E-state index in [1.165, 1.54) is 0 Å². The minimum atomic E-state index is -0.682. The quantitative estimate of drug-likeness (QED) is 0.870. The first kappa shape index (κ1) is 12.0. The number of alkyl halides is 1. The Balaban J connectivity index is 1.97. The summed E-state index contributed by atoms with van der Waals surface area (Å²) < 4.78 is 13.4. The van der Waals surface area contributed by atoms with E-state index < -0.39 is 6.17 Å². The van der Waals surface area contributed by atoms with Gasteiger partial charge >= 0.3 is 0 Å².